The van der Waals surface area contributed by atoms with Crippen molar-refractivity contribution in [1.29, 1.82) is 0 Å². The third-order valence-electron chi connectivity index (χ3n) is 5.57. The molecule has 0 bridgehead atoms. The molecule has 8 heteroatoms. The molecule has 0 saturated carbocycles. The first-order valence-electron chi connectivity index (χ1n) is 10.4. The van der Waals surface area contributed by atoms with E-state index in [4.69, 9.17) is 0 Å². The minimum absolute atomic E-state index is 0.171. The maximum atomic E-state index is 12.7. The van der Waals surface area contributed by atoms with Crippen molar-refractivity contribution >= 4 is 21.4 Å². The van der Waals surface area contributed by atoms with Crippen molar-refractivity contribution in [2.45, 2.75) is 30.3 Å². The van der Waals surface area contributed by atoms with E-state index in [0.29, 0.717) is 13.0 Å². The first-order chi connectivity index (χ1) is 15.3. The number of anilines is 2. The van der Waals surface area contributed by atoms with Crippen LogP contribution in [-0.2, 0) is 29.0 Å². The van der Waals surface area contributed by atoms with E-state index in [9.17, 15) is 21.6 Å². The third-order valence-corrected chi connectivity index (χ3v) is 7.05. The van der Waals surface area contributed by atoms with Crippen molar-refractivity contribution in [3.05, 3.63) is 89.5 Å². The van der Waals surface area contributed by atoms with E-state index in [0.717, 1.165) is 48.5 Å². The molecule has 4 rings (SSSR count). The van der Waals surface area contributed by atoms with Crippen LogP contribution >= 0.6 is 0 Å². The van der Waals surface area contributed by atoms with Crippen molar-refractivity contribution < 1.29 is 21.6 Å². The normalized spacial score (nSPS) is 13.9. The number of para-hydroxylation sites is 2. The Morgan fingerprint density at radius 2 is 1.34 bits per heavy atom. The lowest BCUT2D eigenvalue weighted by molar-refractivity contribution is -0.137. The van der Waals surface area contributed by atoms with Crippen LogP contribution in [0.2, 0.25) is 0 Å². The highest BCUT2D eigenvalue weighted by Crippen LogP contribution is 2.36. The van der Waals surface area contributed by atoms with E-state index in [1.807, 2.05) is 24.3 Å². The molecule has 1 heterocycles. The number of aryl methyl sites for hydroxylation is 2. The van der Waals surface area contributed by atoms with Crippen LogP contribution in [0, 0.1) is 0 Å². The summed E-state index contributed by atoms with van der Waals surface area (Å²) in [5.74, 6) is 0. The molecule has 0 fully saturated rings. The Hall–Kier alpha value is -2.84. The van der Waals surface area contributed by atoms with Crippen LogP contribution in [0.4, 0.5) is 24.5 Å². The molecule has 0 amide bonds. The number of fused-ring (bicyclic) bond motifs is 2. The quantitative estimate of drug-likeness (QED) is 0.507. The van der Waals surface area contributed by atoms with Crippen molar-refractivity contribution in [2.75, 3.05) is 18.0 Å². The minimum atomic E-state index is -4.50. The molecule has 1 aliphatic heterocycles. The second-order valence-corrected chi connectivity index (χ2v) is 9.45. The van der Waals surface area contributed by atoms with Gasteiger partial charge in [-0.15, -0.1) is 0 Å². The Labute approximate surface area is 185 Å². The Bertz CT molecular complexity index is 1140. The number of nitrogens with one attached hydrogen (secondary N) is 1. The molecule has 0 saturated heterocycles. The number of nitrogens with zero attached hydrogens (tertiary/aromatic N) is 1. The average molecular weight is 461 g/mol. The summed E-state index contributed by atoms with van der Waals surface area (Å²) in [7, 11) is -3.89. The lowest BCUT2D eigenvalue weighted by Crippen LogP contribution is -2.28. The second-order valence-electron chi connectivity index (χ2n) is 7.68. The van der Waals surface area contributed by atoms with E-state index in [2.05, 4.69) is 33.9 Å². The molecule has 1 aliphatic rings. The van der Waals surface area contributed by atoms with Gasteiger partial charge in [-0.1, -0.05) is 36.4 Å². The summed E-state index contributed by atoms with van der Waals surface area (Å²) in [6.45, 7) is 0.772. The van der Waals surface area contributed by atoms with Gasteiger partial charge in [-0.2, -0.15) is 13.2 Å². The molecule has 3 aromatic carbocycles. The van der Waals surface area contributed by atoms with Crippen LogP contribution in [0.1, 0.15) is 23.1 Å². The van der Waals surface area contributed by atoms with Crippen molar-refractivity contribution in [2.24, 2.45) is 0 Å². The highest BCUT2D eigenvalue weighted by Gasteiger charge is 2.30. The fourth-order valence-corrected chi connectivity index (χ4v) is 5.04. The van der Waals surface area contributed by atoms with Gasteiger partial charge >= 0.3 is 6.18 Å². The van der Waals surface area contributed by atoms with Crippen LogP contribution in [0.3, 0.4) is 0 Å². The number of sulfonamides is 1. The summed E-state index contributed by atoms with van der Waals surface area (Å²) in [5, 5.41) is 0. The first kappa shape index (κ1) is 22.4. The summed E-state index contributed by atoms with van der Waals surface area (Å²) >= 11 is 0. The highest BCUT2D eigenvalue weighted by molar-refractivity contribution is 7.89. The zero-order valence-electron chi connectivity index (χ0n) is 17.3. The zero-order valence-corrected chi connectivity index (χ0v) is 18.1. The number of benzene rings is 3. The topological polar surface area (TPSA) is 49.4 Å². The van der Waals surface area contributed by atoms with Gasteiger partial charge in [0.1, 0.15) is 0 Å². The maximum Gasteiger partial charge on any atom is 0.416 e. The molecule has 4 nitrogen and oxygen atoms in total. The van der Waals surface area contributed by atoms with Gasteiger partial charge in [0.25, 0.3) is 0 Å². The lowest BCUT2D eigenvalue weighted by Gasteiger charge is -2.27. The molecule has 1 N–H and O–H groups in total. The number of alkyl halides is 3. The molecule has 0 unspecified atom stereocenters. The predicted molar refractivity (Wildman–Crippen MR) is 119 cm³/mol. The Morgan fingerprint density at radius 3 is 1.88 bits per heavy atom. The first-order valence-corrected chi connectivity index (χ1v) is 11.8. The van der Waals surface area contributed by atoms with Crippen molar-refractivity contribution in [1.82, 2.24) is 4.72 Å². The average Bonchev–Trinajstić information content (AvgIpc) is 2.93. The number of hydrogen-bond donors (Lipinski definition) is 1. The predicted octanol–water partition coefficient (Wildman–Crippen LogP) is 5.31. The number of halogens is 3. The lowest BCUT2D eigenvalue weighted by atomic mass is 10.0. The van der Waals surface area contributed by atoms with Gasteiger partial charge < -0.3 is 4.90 Å². The van der Waals surface area contributed by atoms with Gasteiger partial charge in [0, 0.05) is 24.5 Å². The largest absolute Gasteiger partial charge is 0.416 e. The van der Waals surface area contributed by atoms with Gasteiger partial charge in [0.15, 0.2) is 0 Å². The summed E-state index contributed by atoms with van der Waals surface area (Å²) in [6.07, 6.45) is -2.10. The van der Waals surface area contributed by atoms with Gasteiger partial charge in [0.05, 0.1) is 10.5 Å². The van der Waals surface area contributed by atoms with Crippen molar-refractivity contribution in [3.63, 3.8) is 0 Å². The smallest absolute Gasteiger partial charge is 0.341 e. The molecule has 0 radical (unpaired) electrons. The van der Waals surface area contributed by atoms with Crippen LogP contribution in [0.5, 0.6) is 0 Å². The van der Waals surface area contributed by atoms with E-state index >= 15 is 0 Å². The van der Waals surface area contributed by atoms with Crippen LogP contribution in [0.25, 0.3) is 0 Å². The van der Waals surface area contributed by atoms with Gasteiger partial charge in [-0.05, 0) is 66.8 Å². The summed E-state index contributed by atoms with van der Waals surface area (Å²) < 4.78 is 65.6. The van der Waals surface area contributed by atoms with E-state index in [1.54, 1.807) is 0 Å². The van der Waals surface area contributed by atoms with E-state index in [-0.39, 0.29) is 11.4 Å². The maximum absolute atomic E-state index is 12.7. The SMILES string of the molecule is O=S(=O)(NCCCN1c2ccccc2CCc2ccccc21)c1ccc(C(F)(F)F)cc1. The second kappa shape index (κ2) is 8.96. The molecular weight excluding hydrogens is 437 g/mol. The Kier molecular flexibility index (Phi) is 6.26. The van der Waals surface area contributed by atoms with Crippen LogP contribution in [-0.4, -0.2) is 21.5 Å². The summed E-state index contributed by atoms with van der Waals surface area (Å²) in [4.78, 5) is 2.03. The zero-order chi connectivity index (χ0) is 22.8. The standard InChI is InChI=1S/C24H23F3N2O2S/c25-24(26,27)20-12-14-21(15-13-20)32(30,31)28-16-5-17-29-22-8-3-1-6-18(22)10-11-19-7-2-4-9-23(19)29/h1-4,6-9,12-15,28H,5,10-11,16-17H2. The fourth-order valence-electron chi connectivity index (χ4n) is 3.96. The van der Waals surface area contributed by atoms with E-state index in [1.165, 1.54) is 11.1 Å². The van der Waals surface area contributed by atoms with Gasteiger partial charge in [-0.25, -0.2) is 13.1 Å². The van der Waals surface area contributed by atoms with E-state index < -0.39 is 21.8 Å². The minimum Gasteiger partial charge on any atom is -0.341 e. The molecule has 168 valence electrons. The molecule has 0 atom stereocenters. The highest BCUT2D eigenvalue weighted by atomic mass is 32.2. The fraction of sp³-hybridized carbons (Fsp3) is 0.250. The molecule has 0 aliphatic carbocycles. The molecule has 3 aromatic rings. The number of rotatable bonds is 6. The van der Waals surface area contributed by atoms with Gasteiger partial charge in [-0.3, -0.25) is 0 Å². The monoisotopic (exact) mass is 460 g/mol. The van der Waals surface area contributed by atoms with Gasteiger partial charge in [0.2, 0.25) is 10.0 Å². The Balaban J connectivity index is 1.45. The van der Waals surface area contributed by atoms with Crippen molar-refractivity contribution in [3.8, 4) is 0 Å². The molecule has 0 spiro atoms. The molecular formula is C24H23F3N2O2S. The molecule has 32 heavy (non-hydrogen) atoms. The number of hydrogen-bond acceptors (Lipinski definition) is 3. The summed E-state index contributed by atoms with van der Waals surface area (Å²) in [6, 6.07) is 19.9. The molecule has 0 aromatic heterocycles. The van der Waals surface area contributed by atoms with Crippen LogP contribution < -0.4 is 9.62 Å². The van der Waals surface area contributed by atoms with Crippen LogP contribution in [0.15, 0.2) is 77.7 Å². The summed E-state index contributed by atoms with van der Waals surface area (Å²) in [5.41, 5.74) is 3.84. The third kappa shape index (κ3) is 4.81. The Morgan fingerprint density at radius 1 is 0.812 bits per heavy atom.